The van der Waals surface area contributed by atoms with Crippen LogP contribution in [-0.2, 0) is 19.6 Å². The lowest BCUT2D eigenvalue weighted by atomic mass is 10.0. The fourth-order valence-electron chi connectivity index (χ4n) is 4.22. The number of nitrogens with zero attached hydrogens (tertiary/aromatic N) is 4. The van der Waals surface area contributed by atoms with Crippen molar-refractivity contribution in [1.29, 1.82) is 0 Å². The van der Waals surface area contributed by atoms with Gasteiger partial charge in [0, 0.05) is 25.6 Å². The molecule has 2 aromatic rings. The number of hydrogen-bond acceptors (Lipinski definition) is 4. The van der Waals surface area contributed by atoms with Gasteiger partial charge in [-0.15, -0.1) is 0 Å². The van der Waals surface area contributed by atoms with Crippen molar-refractivity contribution in [3.8, 4) is 5.75 Å². The predicted molar refractivity (Wildman–Crippen MR) is 105 cm³/mol. The molecule has 26 heavy (non-hydrogen) atoms. The molecule has 1 saturated heterocycles. The van der Waals surface area contributed by atoms with Crippen LogP contribution in [0.1, 0.15) is 56.5 Å². The van der Waals surface area contributed by atoms with Crippen molar-refractivity contribution in [2.45, 2.75) is 64.7 Å². The number of benzene rings is 1. The summed E-state index contributed by atoms with van der Waals surface area (Å²) >= 11 is 5.73. The van der Waals surface area contributed by atoms with E-state index in [1.54, 1.807) is 0 Å². The van der Waals surface area contributed by atoms with E-state index in [0.29, 0.717) is 12.6 Å². The highest BCUT2D eigenvalue weighted by Crippen LogP contribution is 2.33. The molecule has 4 rings (SSSR count). The molecule has 6 heteroatoms. The summed E-state index contributed by atoms with van der Waals surface area (Å²) in [5.74, 6) is 2.12. The molecule has 1 fully saturated rings. The van der Waals surface area contributed by atoms with Gasteiger partial charge in [-0.2, -0.15) is 5.10 Å². The molecular weight excluding hydrogens is 344 g/mol. The van der Waals surface area contributed by atoms with Crippen molar-refractivity contribution >= 4 is 12.2 Å². The number of aromatic nitrogens is 3. The van der Waals surface area contributed by atoms with Crippen LogP contribution in [0.2, 0.25) is 0 Å². The van der Waals surface area contributed by atoms with E-state index < -0.39 is 0 Å². The van der Waals surface area contributed by atoms with Crippen molar-refractivity contribution in [2.24, 2.45) is 0 Å². The van der Waals surface area contributed by atoms with Gasteiger partial charge in [-0.25, -0.2) is 4.68 Å². The van der Waals surface area contributed by atoms with E-state index >= 15 is 0 Å². The van der Waals surface area contributed by atoms with Crippen molar-refractivity contribution in [3.05, 3.63) is 40.4 Å². The Kier molecular flexibility index (Phi) is 5.41. The number of rotatable bonds is 5. The second kappa shape index (κ2) is 7.92. The zero-order valence-corrected chi connectivity index (χ0v) is 16.4. The van der Waals surface area contributed by atoms with Crippen molar-refractivity contribution in [1.82, 2.24) is 19.2 Å². The molecule has 1 atom stereocenters. The summed E-state index contributed by atoms with van der Waals surface area (Å²) in [6.07, 6.45) is 7.19. The lowest BCUT2D eigenvalue weighted by Gasteiger charge is -2.24. The van der Waals surface area contributed by atoms with Gasteiger partial charge in [-0.05, 0) is 62.5 Å². The third kappa shape index (κ3) is 3.58. The molecule has 0 aliphatic carbocycles. The minimum atomic E-state index is 0.439. The Hall–Kier alpha value is -1.66. The molecule has 0 N–H and O–H groups in total. The first-order chi connectivity index (χ1) is 12.8. The standard InChI is InChI=1S/C20H28N4OS/c1-2-25-17-11-9-16(10-12-17)18-7-6-13-22(18)15-24-20(26)23-14-5-3-4-8-19(23)21-24/h9-12,18H,2-8,13-15H2,1H3/t18-/m0/s1. The summed E-state index contributed by atoms with van der Waals surface area (Å²) in [5, 5.41) is 4.85. The molecule has 0 spiro atoms. The second-order valence-electron chi connectivity index (χ2n) is 7.27. The van der Waals surface area contributed by atoms with Crippen LogP contribution >= 0.6 is 12.2 Å². The van der Waals surface area contributed by atoms with Crippen LogP contribution in [-0.4, -0.2) is 32.4 Å². The lowest BCUT2D eigenvalue weighted by molar-refractivity contribution is 0.189. The maximum Gasteiger partial charge on any atom is 0.199 e. The van der Waals surface area contributed by atoms with E-state index in [2.05, 4.69) is 33.7 Å². The van der Waals surface area contributed by atoms with E-state index in [9.17, 15) is 0 Å². The summed E-state index contributed by atoms with van der Waals surface area (Å²) in [6, 6.07) is 9.01. The molecule has 0 unspecified atom stereocenters. The van der Waals surface area contributed by atoms with Gasteiger partial charge in [0.25, 0.3) is 0 Å². The highest BCUT2D eigenvalue weighted by Gasteiger charge is 2.27. The Morgan fingerprint density at radius 3 is 2.77 bits per heavy atom. The Balaban J connectivity index is 1.51. The average Bonchev–Trinajstić information content (AvgIpc) is 3.13. The zero-order valence-electron chi connectivity index (χ0n) is 15.6. The molecule has 0 bridgehead atoms. The lowest BCUT2D eigenvalue weighted by Crippen LogP contribution is -2.27. The summed E-state index contributed by atoms with van der Waals surface area (Å²) in [5.41, 5.74) is 1.36. The van der Waals surface area contributed by atoms with E-state index in [0.717, 1.165) is 36.7 Å². The third-order valence-electron chi connectivity index (χ3n) is 5.54. The molecule has 0 saturated carbocycles. The van der Waals surface area contributed by atoms with Crippen LogP contribution in [0.15, 0.2) is 24.3 Å². The van der Waals surface area contributed by atoms with Crippen molar-refractivity contribution in [2.75, 3.05) is 13.2 Å². The van der Waals surface area contributed by atoms with E-state index in [1.165, 1.54) is 43.5 Å². The molecule has 2 aliphatic heterocycles. The fourth-order valence-corrected chi connectivity index (χ4v) is 4.51. The quantitative estimate of drug-likeness (QED) is 0.732. The highest BCUT2D eigenvalue weighted by molar-refractivity contribution is 7.71. The molecular formula is C20H28N4OS. The number of likely N-dealkylation sites (tertiary alicyclic amines) is 1. The Morgan fingerprint density at radius 2 is 1.96 bits per heavy atom. The van der Waals surface area contributed by atoms with Gasteiger partial charge < -0.3 is 9.30 Å². The molecule has 140 valence electrons. The van der Waals surface area contributed by atoms with Gasteiger partial charge in [-0.3, -0.25) is 4.90 Å². The first-order valence-corrected chi connectivity index (χ1v) is 10.3. The van der Waals surface area contributed by atoms with Gasteiger partial charge in [0.1, 0.15) is 11.6 Å². The van der Waals surface area contributed by atoms with E-state index in [-0.39, 0.29) is 0 Å². The van der Waals surface area contributed by atoms with Crippen LogP contribution < -0.4 is 4.74 Å². The van der Waals surface area contributed by atoms with Gasteiger partial charge in [0.05, 0.1) is 13.3 Å². The second-order valence-corrected chi connectivity index (χ2v) is 7.64. The Labute approximate surface area is 160 Å². The van der Waals surface area contributed by atoms with Crippen LogP contribution in [0.4, 0.5) is 0 Å². The molecule has 2 aliphatic rings. The third-order valence-corrected chi connectivity index (χ3v) is 5.97. The minimum absolute atomic E-state index is 0.439. The molecule has 1 aromatic carbocycles. The minimum Gasteiger partial charge on any atom is -0.494 e. The number of fused-ring (bicyclic) bond motifs is 1. The Morgan fingerprint density at radius 1 is 1.12 bits per heavy atom. The molecule has 5 nitrogen and oxygen atoms in total. The summed E-state index contributed by atoms with van der Waals surface area (Å²) in [7, 11) is 0. The zero-order chi connectivity index (χ0) is 17.9. The van der Waals surface area contributed by atoms with Crippen LogP contribution in [0.25, 0.3) is 0 Å². The van der Waals surface area contributed by atoms with E-state index in [1.807, 2.05) is 11.6 Å². The molecule has 3 heterocycles. The monoisotopic (exact) mass is 372 g/mol. The van der Waals surface area contributed by atoms with Gasteiger partial charge in [0.2, 0.25) is 0 Å². The largest absolute Gasteiger partial charge is 0.494 e. The maximum atomic E-state index is 5.73. The van der Waals surface area contributed by atoms with Gasteiger partial charge >= 0.3 is 0 Å². The topological polar surface area (TPSA) is 35.2 Å². The molecule has 1 aromatic heterocycles. The number of ether oxygens (including phenoxy) is 1. The first-order valence-electron chi connectivity index (χ1n) is 9.89. The summed E-state index contributed by atoms with van der Waals surface area (Å²) in [6.45, 7) is 5.63. The number of hydrogen-bond donors (Lipinski definition) is 0. The van der Waals surface area contributed by atoms with Crippen LogP contribution in [0.5, 0.6) is 5.75 Å². The van der Waals surface area contributed by atoms with Crippen LogP contribution in [0, 0.1) is 4.77 Å². The Bertz CT molecular complexity index is 795. The predicted octanol–water partition coefficient (Wildman–Crippen LogP) is 4.33. The molecule has 0 radical (unpaired) electrons. The molecule has 0 amide bonds. The summed E-state index contributed by atoms with van der Waals surface area (Å²) < 4.78 is 10.8. The first kappa shape index (κ1) is 17.7. The van der Waals surface area contributed by atoms with E-state index in [4.69, 9.17) is 22.1 Å². The average molecular weight is 373 g/mol. The SMILES string of the molecule is CCOc1ccc([C@@H]2CCCN2Cn2nc3n(c2=S)CCCCC3)cc1. The van der Waals surface area contributed by atoms with Gasteiger partial charge in [0.15, 0.2) is 4.77 Å². The van der Waals surface area contributed by atoms with Gasteiger partial charge in [-0.1, -0.05) is 18.6 Å². The van der Waals surface area contributed by atoms with Crippen LogP contribution in [0.3, 0.4) is 0 Å². The smallest absolute Gasteiger partial charge is 0.199 e. The maximum absolute atomic E-state index is 5.73. The highest BCUT2D eigenvalue weighted by atomic mass is 32.1. The van der Waals surface area contributed by atoms with Crippen molar-refractivity contribution in [3.63, 3.8) is 0 Å². The normalized spacial score (nSPS) is 20.7. The summed E-state index contributed by atoms with van der Waals surface area (Å²) in [4.78, 5) is 2.51. The number of aryl methyl sites for hydroxylation is 1. The fraction of sp³-hybridized carbons (Fsp3) is 0.600. The van der Waals surface area contributed by atoms with Crippen molar-refractivity contribution < 1.29 is 4.74 Å².